The second kappa shape index (κ2) is 9.66. The molecule has 3 aliphatic rings. The molecule has 0 spiro atoms. The Morgan fingerprint density at radius 1 is 1.18 bits per heavy atom. The summed E-state index contributed by atoms with van der Waals surface area (Å²) in [6.45, 7) is 0.802. The van der Waals surface area contributed by atoms with E-state index < -0.39 is 89.2 Å². The van der Waals surface area contributed by atoms with Crippen molar-refractivity contribution in [3.8, 4) is 17.2 Å². The third-order valence-corrected chi connectivity index (χ3v) is 7.86. The largest absolute Gasteiger partial charge is 0.507 e. The molecular weight excluding hydrogens is 512 g/mol. The Labute approximate surface area is 223 Å². The van der Waals surface area contributed by atoms with Crippen LogP contribution in [0.1, 0.15) is 68.8 Å². The summed E-state index contributed by atoms with van der Waals surface area (Å²) in [7, 11) is 1.33. The Morgan fingerprint density at radius 2 is 1.87 bits per heavy atom. The molecule has 2 aromatic rings. The molecule has 6 atom stereocenters. The summed E-state index contributed by atoms with van der Waals surface area (Å²) in [5, 5.41) is 62.2. The lowest BCUT2D eigenvalue weighted by molar-refractivity contribution is -0.245. The van der Waals surface area contributed by atoms with Crippen molar-refractivity contribution < 1.29 is 49.3 Å². The van der Waals surface area contributed by atoms with Crippen LogP contribution in [-0.4, -0.2) is 86.7 Å². The van der Waals surface area contributed by atoms with Crippen molar-refractivity contribution in [2.75, 3.05) is 13.7 Å². The number of ketones is 2. The van der Waals surface area contributed by atoms with Gasteiger partial charge in [-0.2, -0.15) is 0 Å². The predicted molar refractivity (Wildman–Crippen MR) is 134 cm³/mol. The normalized spacial score (nSPS) is 29.8. The number of phenols is 2. The summed E-state index contributed by atoms with van der Waals surface area (Å²) < 4.78 is 17.1. The van der Waals surface area contributed by atoms with E-state index in [1.807, 2.05) is 0 Å². The molecule has 1 heterocycles. The van der Waals surface area contributed by atoms with Gasteiger partial charge in [-0.15, -0.1) is 0 Å². The average Bonchev–Trinajstić information content (AvgIpc) is 2.90. The fourth-order valence-electron chi connectivity index (χ4n) is 5.77. The van der Waals surface area contributed by atoms with Crippen LogP contribution in [0.25, 0.3) is 0 Å². The number of fused-ring (bicyclic) bond motifs is 3. The lowest BCUT2D eigenvalue weighted by Crippen LogP contribution is -2.53. The number of rotatable bonds is 5. The number of carbonyl (C=O) groups excluding carboxylic acids is 2. The highest BCUT2D eigenvalue weighted by Gasteiger charge is 2.49. The fourth-order valence-corrected chi connectivity index (χ4v) is 5.77. The summed E-state index contributed by atoms with van der Waals surface area (Å²) in [4.78, 5) is 27.2. The molecule has 208 valence electrons. The van der Waals surface area contributed by atoms with E-state index in [9.17, 15) is 35.1 Å². The maximum absolute atomic E-state index is 13.7. The first-order valence-corrected chi connectivity index (χ1v) is 12.5. The number of aliphatic hydroxyl groups excluding tert-OH is 2. The molecule has 5 rings (SSSR count). The molecule has 0 aromatic heterocycles. The second-order valence-corrected chi connectivity index (χ2v) is 10.2. The number of phenolic OH excluding ortho intramolecular Hbond substituents is 2. The van der Waals surface area contributed by atoms with E-state index in [-0.39, 0.29) is 40.8 Å². The van der Waals surface area contributed by atoms with Crippen LogP contribution in [0.5, 0.6) is 17.2 Å². The average molecular weight is 543 g/mol. The summed E-state index contributed by atoms with van der Waals surface area (Å²) in [5.74, 6) is -2.63. The zero-order chi connectivity index (χ0) is 28.4. The zero-order valence-corrected chi connectivity index (χ0v) is 21.3. The molecule has 0 radical (unpaired) electrons. The van der Waals surface area contributed by atoms with Crippen molar-refractivity contribution in [1.29, 1.82) is 5.41 Å². The van der Waals surface area contributed by atoms with Crippen LogP contribution in [0.4, 0.5) is 0 Å². The molecule has 1 aliphatic heterocycles. The van der Waals surface area contributed by atoms with Crippen LogP contribution < -0.4 is 10.5 Å². The van der Waals surface area contributed by atoms with E-state index in [2.05, 4.69) is 0 Å². The first-order chi connectivity index (χ1) is 18.4. The number of carbonyl (C=O) groups is 2. The topological polar surface area (TPSA) is 213 Å². The van der Waals surface area contributed by atoms with E-state index in [1.54, 1.807) is 6.92 Å². The van der Waals surface area contributed by atoms with Gasteiger partial charge in [0.1, 0.15) is 22.8 Å². The molecule has 2 aromatic carbocycles. The van der Waals surface area contributed by atoms with Gasteiger partial charge in [0.2, 0.25) is 5.78 Å². The lowest BCUT2D eigenvalue weighted by atomic mass is 9.71. The number of aliphatic hydroxyl groups is 3. The van der Waals surface area contributed by atoms with Crippen LogP contribution in [0, 0.1) is 5.41 Å². The van der Waals surface area contributed by atoms with Gasteiger partial charge in [0.25, 0.3) is 0 Å². The molecule has 6 unspecified atom stereocenters. The Balaban J connectivity index is 1.69. The highest BCUT2D eigenvalue weighted by molar-refractivity contribution is 6.31. The first-order valence-electron chi connectivity index (χ1n) is 12.5. The number of hydrogen-bond acceptors (Lipinski definition) is 12. The van der Waals surface area contributed by atoms with Crippen molar-refractivity contribution in [3.05, 3.63) is 51.6 Å². The van der Waals surface area contributed by atoms with Crippen molar-refractivity contribution in [1.82, 2.24) is 0 Å². The number of benzene rings is 2. The highest BCUT2D eigenvalue weighted by atomic mass is 16.7. The number of aromatic hydroxyl groups is 2. The van der Waals surface area contributed by atoms with Gasteiger partial charge in [-0.3, -0.25) is 9.59 Å². The van der Waals surface area contributed by atoms with Crippen LogP contribution in [0.3, 0.4) is 0 Å². The molecule has 0 saturated carbocycles. The van der Waals surface area contributed by atoms with Crippen molar-refractivity contribution in [2.24, 2.45) is 5.73 Å². The summed E-state index contributed by atoms with van der Waals surface area (Å²) in [6.07, 6.45) is -4.68. The van der Waals surface area contributed by atoms with Gasteiger partial charge in [0.15, 0.2) is 12.1 Å². The molecule has 0 amide bonds. The minimum Gasteiger partial charge on any atom is -0.507 e. The van der Waals surface area contributed by atoms with Crippen LogP contribution >= 0.6 is 0 Å². The van der Waals surface area contributed by atoms with Crippen LogP contribution in [-0.2, 0) is 15.9 Å². The molecule has 1 saturated heterocycles. The Hall–Kier alpha value is -3.39. The number of hydrogen-bond donors (Lipinski definition) is 7. The van der Waals surface area contributed by atoms with E-state index in [1.165, 1.54) is 25.3 Å². The van der Waals surface area contributed by atoms with E-state index in [0.717, 1.165) is 0 Å². The van der Waals surface area contributed by atoms with E-state index in [0.29, 0.717) is 0 Å². The van der Waals surface area contributed by atoms with Gasteiger partial charge in [-0.25, -0.2) is 0 Å². The maximum Gasteiger partial charge on any atom is 0.202 e. The third kappa shape index (κ3) is 4.11. The molecule has 8 N–H and O–H groups in total. The molecule has 0 bridgehead atoms. The van der Waals surface area contributed by atoms with Crippen LogP contribution in [0.2, 0.25) is 0 Å². The maximum atomic E-state index is 13.7. The van der Waals surface area contributed by atoms with Gasteiger partial charge in [0, 0.05) is 42.0 Å². The zero-order valence-electron chi connectivity index (χ0n) is 21.3. The summed E-state index contributed by atoms with van der Waals surface area (Å²) >= 11 is 0. The molecule has 12 nitrogen and oxygen atoms in total. The summed E-state index contributed by atoms with van der Waals surface area (Å²) in [6, 6.07) is 3.71. The van der Waals surface area contributed by atoms with Crippen molar-refractivity contribution in [2.45, 2.75) is 62.4 Å². The van der Waals surface area contributed by atoms with Gasteiger partial charge < -0.3 is 50.9 Å². The molecular formula is C27H30N2O10. The molecule has 12 heteroatoms. The number of nitrogens with two attached hydrogens (primary N) is 1. The van der Waals surface area contributed by atoms with Gasteiger partial charge in [0.05, 0.1) is 54.4 Å². The highest BCUT2D eigenvalue weighted by Crippen LogP contribution is 2.52. The molecule has 2 aliphatic carbocycles. The minimum absolute atomic E-state index is 0.0272. The lowest BCUT2D eigenvalue weighted by Gasteiger charge is -2.42. The van der Waals surface area contributed by atoms with Gasteiger partial charge >= 0.3 is 0 Å². The minimum atomic E-state index is -2.02. The SMILES string of the molecule is COc1cccc2c1C(=O)c1c(O)c3c(c(O)c1C2=O)CC(O)(C(=N)CO)CC3OC1CC(N)C(O)C(C)O1. The Morgan fingerprint density at radius 3 is 2.51 bits per heavy atom. The molecule has 39 heavy (non-hydrogen) atoms. The van der Waals surface area contributed by atoms with Crippen LogP contribution in [0.15, 0.2) is 18.2 Å². The second-order valence-electron chi connectivity index (χ2n) is 10.2. The first kappa shape index (κ1) is 27.2. The predicted octanol–water partition coefficient (Wildman–Crippen LogP) is 0.452. The number of methoxy groups -OCH3 is 1. The monoisotopic (exact) mass is 542 g/mol. The quantitative estimate of drug-likeness (QED) is 0.174. The van der Waals surface area contributed by atoms with Gasteiger partial charge in [-0.05, 0) is 13.0 Å². The smallest absolute Gasteiger partial charge is 0.202 e. The number of ether oxygens (including phenoxy) is 3. The Bertz CT molecular complexity index is 1380. The standard InChI is InChI=1S/C27H30N2O10/c1-10-22(31)13(28)6-17(38-10)39-15-8-27(36,16(29)9-30)7-12-19(15)26(35)21-20(24(12)33)23(32)11-4-3-5-14(37-2)18(11)25(21)34/h3-5,10,13,15,17,22,29-31,33,35-36H,6-9,28H2,1-2H3. The third-order valence-electron chi connectivity index (χ3n) is 7.86. The van der Waals surface area contributed by atoms with Crippen molar-refractivity contribution in [3.63, 3.8) is 0 Å². The van der Waals surface area contributed by atoms with Crippen molar-refractivity contribution >= 4 is 17.3 Å². The number of nitrogens with one attached hydrogen (secondary N) is 1. The Kier molecular flexibility index (Phi) is 6.74. The van der Waals surface area contributed by atoms with Gasteiger partial charge in [-0.1, -0.05) is 12.1 Å². The molecule has 1 fully saturated rings. The fraction of sp³-hybridized carbons (Fsp3) is 0.444. The van der Waals surface area contributed by atoms with E-state index >= 15 is 0 Å². The summed E-state index contributed by atoms with van der Waals surface area (Å²) in [5.41, 5.74) is 2.40. The van der Waals surface area contributed by atoms with E-state index in [4.69, 9.17) is 25.4 Å².